The van der Waals surface area contributed by atoms with Crippen LogP contribution in [0.3, 0.4) is 0 Å². The van der Waals surface area contributed by atoms with Crippen LogP contribution in [0.4, 0.5) is 0 Å². The number of rotatable bonds is 9. The minimum Gasteiger partial charge on any atom is -0.491 e. The van der Waals surface area contributed by atoms with Crippen molar-refractivity contribution in [1.29, 1.82) is 0 Å². The minimum absolute atomic E-state index is 0.00559. The first-order valence-corrected chi connectivity index (χ1v) is 16.5. The molecule has 3 aromatic heterocycles. The highest BCUT2D eigenvalue weighted by molar-refractivity contribution is 9.10. The van der Waals surface area contributed by atoms with Crippen molar-refractivity contribution in [2.24, 2.45) is 4.99 Å². The van der Waals surface area contributed by atoms with Gasteiger partial charge in [-0.25, -0.2) is 19.8 Å². The van der Waals surface area contributed by atoms with Crippen LogP contribution in [0.25, 0.3) is 11.8 Å². The zero-order valence-electron chi connectivity index (χ0n) is 24.5. The van der Waals surface area contributed by atoms with Gasteiger partial charge in [0, 0.05) is 24.0 Å². The second-order valence-electron chi connectivity index (χ2n) is 10.1. The van der Waals surface area contributed by atoms with E-state index >= 15 is 0 Å². The van der Waals surface area contributed by atoms with Crippen molar-refractivity contribution in [3.05, 3.63) is 126 Å². The van der Waals surface area contributed by atoms with Crippen LogP contribution in [0.15, 0.2) is 114 Å². The summed E-state index contributed by atoms with van der Waals surface area (Å²) in [7, 11) is 0. The van der Waals surface area contributed by atoms with Crippen LogP contribution in [-0.4, -0.2) is 33.2 Å². The molecule has 6 rings (SSSR count). The van der Waals surface area contributed by atoms with E-state index in [4.69, 9.17) is 18.9 Å². The Labute approximate surface area is 275 Å². The zero-order chi connectivity index (χ0) is 31.5. The average molecular weight is 704 g/mol. The van der Waals surface area contributed by atoms with Gasteiger partial charge in [-0.1, -0.05) is 53.8 Å². The summed E-state index contributed by atoms with van der Waals surface area (Å²) in [6.07, 6.45) is 4.98. The number of carbonyl (C=O) groups excluding carboxylic acids is 1. The van der Waals surface area contributed by atoms with Crippen LogP contribution in [0.5, 0.6) is 5.75 Å². The maximum atomic E-state index is 14.2. The molecule has 0 bridgehead atoms. The molecular formula is C33H27BrN4O5S2. The van der Waals surface area contributed by atoms with Gasteiger partial charge in [-0.2, -0.15) is 0 Å². The van der Waals surface area contributed by atoms with Gasteiger partial charge in [0.25, 0.3) is 5.56 Å². The third-order valence-corrected chi connectivity index (χ3v) is 9.33. The molecule has 0 aliphatic carbocycles. The fraction of sp³-hybridized carbons (Fsp3) is 0.182. The molecule has 12 heteroatoms. The molecule has 0 spiro atoms. The Morgan fingerprint density at radius 1 is 1.11 bits per heavy atom. The monoisotopic (exact) mass is 702 g/mol. The van der Waals surface area contributed by atoms with Crippen LogP contribution in [-0.2, 0) is 9.53 Å². The van der Waals surface area contributed by atoms with Crippen LogP contribution >= 0.6 is 39.0 Å². The maximum absolute atomic E-state index is 14.2. The molecular weight excluding hydrogens is 676 g/mol. The van der Waals surface area contributed by atoms with Crippen LogP contribution in [0.2, 0.25) is 0 Å². The summed E-state index contributed by atoms with van der Waals surface area (Å²) in [5.74, 6) is 0.607. The van der Waals surface area contributed by atoms with E-state index in [1.54, 1.807) is 42.1 Å². The number of hydrogen-bond acceptors (Lipinski definition) is 10. The maximum Gasteiger partial charge on any atom is 0.338 e. The zero-order valence-corrected chi connectivity index (χ0v) is 27.7. The van der Waals surface area contributed by atoms with E-state index in [0.717, 1.165) is 5.56 Å². The molecule has 45 heavy (non-hydrogen) atoms. The van der Waals surface area contributed by atoms with Crippen LogP contribution in [0.1, 0.15) is 43.7 Å². The lowest BCUT2D eigenvalue weighted by Gasteiger charge is -2.26. The van der Waals surface area contributed by atoms with Gasteiger partial charge in [0.15, 0.2) is 15.1 Å². The van der Waals surface area contributed by atoms with Gasteiger partial charge in [-0.15, -0.1) is 0 Å². The summed E-state index contributed by atoms with van der Waals surface area (Å²) in [5, 5.41) is 1.08. The number of esters is 1. The lowest BCUT2D eigenvalue weighted by Crippen LogP contribution is -2.40. The number of carbonyl (C=O) groups is 1. The van der Waals surface area contributed by atoms with Crippen molar-refractivity contribution in [1.82, 2.24) is 14.5 Å². The molecule has 228 valence electrons. The predicted octanol–water partition coefficient (Wildman–Crippen LogP) is 6.02. The van der Waals surface area contributed by atoms with E-state index in [-0.39, 0.29) is 23.8 Å². The summed E-state index contributed by atoms with van der Waals surface area (Å²) in [6.45, 7) is 5.83. The van der Waals surface area contributed by atoms with Gasteiger partial charge in [-0.3, -0.25) is 9.36 Å². The fourth-order valence-corrected chi connectivity index (χ4v) is 7.03. The SMILES string of the molecule is CCOC(=O)C1=C(c2ccccc2)N=c2s/c(=C\c3cc(Br)c(Sc4ncccn4)o3)c(=O)n2[C@H]1c1ccc(OC(C)C)cc1. The van der Waals surface area contributed by atoms with E-state index in [1.807, 2.05) is 68.4 Å². The topological polar surface area (TPSA) is 109 Å². The summed E-state index contributed by atoms with van der Waals surface area (Å²) in [6, 6.07) is 19.6. The second-order valence-corrected chi connectivity index (χ2v) is 12.9. The Kier molecular flexibility index (Phi) is 9.15. The standard InChI is InChI=1S/C33H27BrN4O5S2/c1-4-41-30(40)26-27(20-9-6-5-7-10-20)37-33-38(28(26)21-11-13-22(14-12-21)42-19(2)3)29(39)25(44-33)18-23-17-24(34)31(43-23)45-32-35-15-8-16-36-32/h5-19,28H,4H2,1-3H3/b25-18-/t28-/m0/s1. The molecule has 2 aromatic carbocycles. The molecule has 0 amide bonds. The van der Waals surface area contributed by atoms with Gasteiger partial charge < -0.3 is 13.9 Å². The first-order valence-electron chi connectivity index (χ1n) is 14.1. The number of fused-ring (bicyclic) bond motifs is 1. The molecule has 1 atom stereocenters. The molecule has 0 N–H and O–H groups in total. The van der Waals surface area contributed by atoms with Gasteiger partial charge in [0.1, 0.15) is 11.5 Å². The third-order valence-electron chi connectivity index (χ3n) is 6.62. The molecule has 9 nitrogen and oxygen atoms in total. The van der Waals surface area contributed by atoms with E-state index in [9.17, 15) is 9.59 Å². The largest absolute Gasteiger partial charge is 0.491 e. The Morgan fingerprint density at radius 2 is 1.84 bits per heavy atom. The van der Waals surface area contributed by atoms with E-state index < -0.39 is 12.0 Å². The average Bonchev–Trinajstić information content (AvgIpc) is 3.54. The Morgan fingerprint density at radius 3 is 2.53 bits per heavy atom. The number of aromatic nitrogens is 3. The molecule has 0 saturated heterocycles. The third kappa shape index (κ3) is 6.58. The highest BCUT2D eigenvalue weighted by atomic mass is 79.9. The van der Waals surface area contributed by atoms with Crippen molar-refractivity contribution in [3.8, 4) is 5.75 Å². The van der Waals surface area contributed by atoms with Gasteiger partial charge in [-0.05, 0) is 78.3 Å². The van der Waals surface area contributed by atoms with Crippen molar-refractivity contribution >= 4 is 56.8 Å². The molecule has 5 aromatic rings. The van der Waals surface area contributed by atoms with E-state index in [0.29, 0.717) is 46.8 Å². The molecule has 0 fully saturated rings. The Balaban J connectivity index is 1.52. The van der Waals surface area contributed by atoms with Gasteiger partial charge in [0.2, 0.25) is 0 Å². The van der Waals surface area contributed by atoms with Crippen molar-refractivity contribution in [2.45, 2.75) is 43.2 Å². The highest BCUT2D eigenvalue weighted by Gasteiger charge is 2.35. The van der Waals surface area contributed by atoms with Gasteiger partial charge >= 0.3 is 5.97 Å². The van der Waals surface area contributed by atoms with Crippen molar-refractivity contribution < 1.29 is 18.7 Å². The van der Waals surface area contributed by atoms with Crippen LogP contribution in [0, 0.1) is 0 Å². The number of halogens is 1. The van der Waals surface area contributed by atoms with Gasteiger partial charge in [0.05, 0.1) is 39.0 Å². The quantitative estimate of drug-likeness (QED) is 0.136. The summed E-state index contributed by atoms with van der Waals surface area (Å²) in [4.78, 5) is 41.7. The molecule has 0 unspecified atom stereocenters. The summed E-state index contributed by atoms with van der Waals surface area (Å²) >= 11 is 6.02. The highest BCUT2D eigenvalue weighted by Crippen LogP contribution is 2.36. The van der Waals surface area contributed by atoms with E-state index in [1.165, 1.54) is 23.1 Å². The number of thiazole rings is 1. The lowest BCUT2D eigenvalue weighted by atomic mass is 9.93. The van der Waals surface area contributed by atoms with Crippen molar-refractivity contribution in [3.63, 3.8) is 0 Å². The first-order chi connectivity index (χ1) is 21.8. The normalized spacial score (nSPS) is 14.8. The number of ether oxygens (including phenoxy) is 2. The lowest BCUT2D eigenvalue weighted by molar-refractivity contribution is -0.138. The summed E-state index contributed by atoms with van der Waals surface area (Å²) in [5.41, 5.74) is 1.88. The molecule has 1 aliphatic rings. The molecule has 4 heterocycles. The number of furan rings is 1. The molecule has 0 radical (unpaired) electrons. The smallest absolute Gasteiger partial charge is 0.338 e. The second kappa shape index (κ2) is 13.4. The van der Waals surface area contributed by atoms with Crippen LogP contribution < -0.4 is 19.6 Å². The fourth-order valence-electron chi connectivity index (χ4n) is 4.82. The minimum atomic E-state index is -0.796. The Bertz CT molecular complexity index is 2050. The van der Waals surface area contributed by atoms with Crippen molar-refractivity contribution in [2.75, 3.05) is 6.61 Å². The summed E-state index contributed by atoms with van der Waals surface area (Å²) < 4.78 is 20.1. The number of hydrogen-bond donors (Lipinski definition) is 0. The molecule has 1 aliphatic heterocycles. The number of benzene rings is 2. The number of nitrogens with zero attached hydrogens (tertiary/aromatic N) is 4. The molecule has 0 saturated carbocycles. The Hall–Kier alpha value is -4.26. The predicted molar refractivity (Wildman–Crippen MR) is 176 cm³/mol. The first kappa shape index (κ1) is 30.8. The van der Waals surface area contributed by atoms with E-state index in [2.05, 4.69) is 25.9 Å².